The Bertz CT molecular complexity index is 690. The maximum atomic E-state index is 10.7. The van der Waals surface area contributed by atoms with E-state index in [1.807, 2.05) is 18.2 Å². The normalized spacial score (nSPS) is 24.5. The molecule has 0 saturated carbocycles. The van der Waals surface area contributed by atoms with Crippen LogP contribution in [0, 0.1) is 0 Å². The Hall–Kier alpha value is -2.10. The number of nitrogens with zero attached hydrogens (tertiary/aromatic N) is 2. The van der Waals surface area contributed by atoms with E-state index in [1.54, 1.807) is 0 Å². The lowest BCUT2D eigenvalue weighted by atomic mass is 9.90. The molecule has 1 saturated heterocycles. The summed E-state index contributed by atoms with van der Waals surface area (Å²) in [6, 6.07) is 18.8. The number of anilines is 1. The van der Waals surface area contributed by atoms with Gasteiger partial charge in [-0.05, 0) is 23.3 Å². The molecule has 2 aromatic rings. The van der Waals surface area contributed by atoms with E-state index < -0.39 is 6.10 Å². The molecule has 0 bridgehead atoms. The lowest BCUT2D eigenvalue weighted by Gasteiger charge is -2.42. The van der Waals surface area contributed by atoms with Crippen molar-refractivity contribution in [2.45, 2.75) is 12.1 Å². The standard InChI is InChI=1S/C20H22N2O/c23-20-18-9-5-4-6-16(18)10-11-19(20)22-14-12-21(13-15-22)17-7-2-1-3-8-17/h1-11,19-20,23H,12-15H2/t19-,20-/m0/s1. The van der Waals surface area contributed by atoms with Crippen molar-refractivity contribution >= 4 is 11.8 Å². The van der Waals surface area contributed by atoms with E-state index in [4.69, 9.17) is 0 Å². The summed E-state index contributed by atoms with van der Waals surface area (Å²) in [6.07, 6.45) is 3.88. The number of fused-ring (bicyclic) bond motifs is 1. The van der Waals surface area contributed by atoms with Gasteiger partial charge in [0.1, 0.15) is 0 Å². The van der Waals surface area contributed by atoms with E-state index in [0.29, 0.717) is 0 Å². The first-order valence-corrected chi connectivity index (χ1v) is 8.32. The summed E-state index contributed by atoms with van der Waals surface area (Å²) in [5.41, 5.74) is 3.47. The highest BCUT2D eigenvalue weighted by atomic mass is 16.3. The van der Waals surface area contributed by atoms with Crippen LogP contribution in [0.25, 0.3) is 6.08 Å². The van der Waals surface area contributed by atoms with Gasteiger partial charge in [0.25, 0.3) is 0 Å². The summed E-state index contributed by atoms with van der Waals surface area (Å²) >= 11 is 0. The second kappa shape index (κ2) is 6.19. The van der Waals surface area contributed by atoms with E-state index in [1.165, 1.54) is 5.69 Å². The summed E-state index contributed by atoms with van der Waals surface area (Å²) in [7, 11) is 0. The Kier molecular flexibility index (Phi) is 3.90. The molecule has 1 N–H and O–H groups in total. The smallest absolute Gasteiger partial charge is 0.0986 e. The average molecular weight is 306 g/mol. The van der Waals surface area contributed by atoms with Crippen molar-refractivity contribution in [1.29, 1.82) is 0 Å². The van der Waals surface area contributed by atoms with Gasteiger partial charge in [0.15, 0.2) is 0 Å². The van der Waals surface area contributed by atoms with Gasteiger partial charge in [0.05, 0.1) is 12.1 Å². The number of para-hydroxylation sites is 1. The molecule has 2 aliphatic rings. The highest BCUT2D eigenvalue weighted by molar-refractivity contribution is 5.58. The Morgan fingerprint density at radius 1 is 0.826 bits per heavy atom. The van der Waals surface area contributed by atoms with Gasteiger partial charge in [-0.25, -0.2) is 0 Å². The number of piperazine rings is 1. The number of aliphatic hydroxyl groups excluding tert-OH is 1. The molecule has 0 spiro atoms. The molecule has 3 nitrogen and oxygen atoms in total. The average Bonchev–Trinajstić information content (AvgIpc) is 2.63. The predicted molar refractivity (Wildman–Crippen MR) is 94.5 cm³/mol. The Balaban J connectivity index is 1.45. The van der Waals surface area contributed by atoms with Crippen LogP contribution in [0.3, 0.4) is 0 Å². The molecule has 1 aliphatic heterocycles. The molecule has 2 atom stereocenters. The van der Waals surface area contributed by atoms with Gasteiger partial charge in [-0.15, -0.1) is 0 Å². The highest BCUT2D eigenvalue weighted by Gasteiger charge is 2.31. The third-order valence-electron chi connectivity index (χ3n) is 4.97. The fourth-order valence-electron chi connectivity index (χ4n) is 3.66. The number of hydrogen-bond acceptors (Lipinski definition) is 3. The zero-order valence-corrected chi connectivity index (χ0v) is 13.2. The summed E-state index contributed by atoms with van der Waals surface area (Å²) < 4.78 is 0. The van der Waals surface area contributed by atoms with Gasteiger partial charge < -0.3 is 10.0 Å². The zero-order valence-electron chi connectivity index (χ0n) is 13.2. The van der Waals surface area contributed by atoms with E-state index >= 15 is 0 Å². The fraction of sp³-hybridized carbons (Fsp3) is 0.300. The number of hydrogen-bond donors (Lipinski definition) is 1. The SMILES string of the molecule is O[C@H]1c2ccccc2C=C[C@@H]1N1CCN(c2ccccc2)CC1. The van der Waals surface area contributed by atoms with Crippen LogP contribution in [0.2, 0.25) is 0 Å². The Morgan fingerprint density at radius 2 is 1.52 bits per heavy atom. The lowest BCUT2D eigenvalue weighted by molar-refractivity contribution is 0.0684. The van der Waals surface area contributed by atoms with Crippen LogP contribution in [0.4, 0.5) is 5.69 Å². The molecule has 4 rings (SSSR count). The van der Waals surface area contributed by atoms with Crippen LogP contribution >= 0.6 is 0 Å². The van der Waals surface area contributed by atoms with E-state index in [-0.39, 0.29) is 6.04 Å². The first-order chi connectivity index (χ1) is 11.3. The van der Waals surface area contributed by atoms with Gasteiger partial charge >= 0.3 is 0 Å². The topological polar surface area (TPSA) is 26.7 Å². The first-order valence-electron chi connectivity index (χ1n) is 8.32. The molecule has 0 radical (unpaired) electrons. The number of rotatable bonds is 2. The van der Waals surface area contributed by atoms with Gasteiger partial charge in [0.2, 0.25) is 0 Å². The molecular weight excluding hydrogens is 284 g/mol. The van der Waals surface area contributed by atoms with Crippen molar-refractivity contribution in [3.8, 4) is 0 Å². The van der Waals surface area contributed by atoms with Gasteiger partial charge in [-0.3, -0.25) is 4.90 Å². The van der Waals surface area contributed by atoms with Crippen LogP contribution in [-0.2, 0) is 0 Å². The maximum absolute atomic E-state index is 10.7. The Labute approximate surface area is 137 Å². The summed E-state index contributed by atoms with van der Waals surface area (Å²) in [4.78, 5) is 4.82. The third-order valence-corrected chi connectivity index (χ3v) is 4.97. The fourth-order valence-corrected chi connectivity index (χ4v) is 3.66. The van der Waals surface area contributed by atoms with Crippen molar-refractivity contribution in [2.24, 2.45) is 0 Å². The lowest BCUT2D eigenvalue weighted by Crippen LogP contribution is -2.51. The third kappa shape index (κ3) is 2.78. The maximum Gasteiger partial charge on any atom is 0.0986 e. The minimum absolute atomic E-state index is 0.0859. The molecule has 0 amide bonds. The molecule has 1 aliphatic carbocycles. The van der Waals surface area contributed by atoms with Gasteiger partial charge in [-0.1, -0.05) is 54.6 Å². The molecule has 118 valence electrons. The predicted octanol–water partition coefficient (Wildman–Crippen LogP) is 2.94. The van der Waals surface area contributed by atoms with E-state index in [0.717, 1.165) is 37.3 Å². The van der Waals surface area contributed by atoms with Crippen LogP contribution in [0.1, 0.15) is 17.2 Å². The molecule has 1 fully saturated rings. The molecular formula is C20H22N2O. The molecule has 23 heavy (non-hydrogen) atoms. The van der Waals surface area contributed by atoms with Crippen molar-refractivity contribution in [3.05, 3.63) is 71.8 Å². The molecule has 3 heteroatoms. The largest absolute Gasteiger partial charge is 0.386 e. The van der Waals surface area contributed by atoms with E-state index in [2.05, 4.69) is 58.4 Å². The first kappa shape index (κ1) is 14.5. The van der Waals surface area contributed by atoms with Crippen molar-refractivity contribution in [3.63, 3.8) is 0 Å². The highest BCUT2D eigenvalue weighted by Crippen LogP contribution is 2.31. The minimum atomic E-state index is -0.431. The quantitative estimate of drug-likeness (QED) is 0.924. The van der Waals surface area contributed by atoms with Crippen LogP contribution in [0.15, 0.2) is 60.7 Å². The zero-order chi connectivity index (χ0) is 15.6. The second-order valence-corrected chi connectivity index (χ2v) is 6.28. The van der Waals surface area contributed by atoms with Crippen LogP contribution < -0.4 is 4.90 Å². The number of aliphatic hydroxyl groups is 1. The Morgan fingerprint density at radius 3 is 2.30 bits per heavy atom. The summed E-state index contributed by atoms with van der Waals surface area (Å²) in [5, 5.41) is 10.7. The van der Waals surface area contributed by atoms with Crippen molar-refractivity contribution in [1.82, 2.24) is 4.90 Å². The molecule has 2 aromatic carbocycles. The molecule has 1 heterocycles. The van der Waals surface area contributed by atoms with Crippen molar-refractivity contribution < 1.29 is 5.11 Å². The van der Waals surface area contributed by atoms with E-state index in [9.17, 15) is 5.11 Å². The molecule has 0 aromatic heterocycles. The summed E-state index contributed by atoms with van der Waals surface area (Å²) in [6.45, 7) is 3.96. The van der Waals surface area contributed by atoms with Crippen LogP contribution in [0.5, 0.6) is 0 Å². The van der Waals surface area contributed by atoms with Crippen LogP contribution in [-0.4, -0.2) is 42.2 Å². The summed E-state index contributed by atoms with van der Waals surface area (Å²) in [5.74, 6) is 0. The number of benzene rings is 2. The second-order valence-electron chi connectivity index (χ2n) is 6.28. The van der Waals surface area contributed by atoms with Gasteiger partial charge in [0, 0.05) is 31.9 Å². The molecule has 0 unspecified atom stereocenters. The van der Waals surface area contributed by atoms with Gasteiger partial charge in [-0.2, -0.15) is 0 Å². The monoisotopic (exact) mass is 306 g/mol. The van der Waals surface area contributed by atoms with Crippen molar-refractivity contribution in [2.75, 3.05) is 31.1 Å². The minimum Gasteiger partial charge on any atom is -0.386 e.